The summed E-state index contributed by atoms with van der Waals surface area (Å²) in [7, 11) is 0. The molecule has 2 N–H and O–H groups in total. The maximum absolute atomic E-state index is 12.0. The Kier molecular flexibility index (Phi) is 2.97. The fraction of sp³-hybridized carbons (Fsp3) is 0.857. The Labute approximate surface area is 119 Å². The van der Waals surface area contributed by atoms with Crippen molar-refractivity contribution in [2.75, 3.05) is 19.6 Å². The molecule has 2 amide bonds. The Morgan fingerprint density at radius 3 is 2.30 bits per heavy atom. The number of nitrogens with zero attached hydrogens (tertiary/aromatic N) is 2. The summed E-state index contributed by atoms with van der Waals surface area (Å²) in [6, 6.07) is 0.278. The molecule has 112 valence electrons. The van der Waals surface area contributed by atoms with E-state index in [1.54, 1.807) is 4.90 Å². The van der Waals surface area contributed by atoms with E-state index in [1.165, 1.54) is 0 Å². The predicted molar refractivity (Wildman–Crippen MR) is 72.9 cm³/mol. The second-order valence-corrected chi connectivity index (χ2v) is 7.21. The van der Waals surface area contributed by atoms with Gasteiger partial charge in [0.1, 0.15) is 5.60 Å². The van der Waals surface area contributed by atoms with Crippen molar-refractivity contribution in [3.63, 3.8) is 0 Å². The number of likely N-dealkylation sites (tertiary alicyclic amines) is 2. The van der Waals surface area contributed by atoms with E-state index in [2.05, 4.69) is 0 Å². The number of piperidine rings is 1. The summed E-state index contributed by atoms with van der Waals surface area (Å²) < 4.78 is 5.38. The van der Waals surface area contributed by atoms with Gasteiger partial charge in [0, 0.05) is 50.0 Å². The number of amides is 2. The molecule has 0 radical (unpaired) electrons. The van der Waals surface area contributed by atoms with Crippen molar-refractivity contribution in [3.05, 3.63) is 0 Å². The zero-order valence-corrected chi connectivity index (χ0v) is 12.3. The van der Waals surface area contributed by atoms with Crippen molar-refractivity contribution in [2.24, 2.45) is 17.6 Å². The smallest absolute Gasteiger partial charge is 0.410 e. The van der Waals surface area contributed by atoms with Crippen LogP contribution in [0.25, 0.3) is 0 Å². The van der Waals surface area contributed by atoms with Crippen LogP contribution in [-0.2, 0) is 9.53 Å². The van der Waals surface area contributed by atoms with Gasteiger partial charge in [0.25, 0.3) is 0 Å². The van der Waals surface area contributed by atoms with E-state index in [0.717, 1.165) is 0 Å². The van der Waals surface area contributed by atoms with Crippen molar-refractivity contribution in [1.82, 2.24) is 9.80 Å². The minimum atomic E-state index is -0.457. The molecule has 0 aromatic heterocycles. The van der Waals surface area contributed by atoms with Crippen LogP contribution in [0.2, 0.25) is 0 Å². The highest BCUT2D eigenvalue weighted by molar-refractivity contribution is 5.80. The maximum atomic E-state index is 12.0. The molecule has 0 aromatic rings. The lowest BCUT2D eigenvalue weighted by molar-refractivity contribution is -0.128. The number of hydrogen-bond acceptors (Lipinski definition) is 4. The van der Waals surface area contributed by atoms with Crippen LogP contribution < -0.4 is 5.73 Å². The van der Waals surface area contributed by atoms with E-state index in [4.69, 9.17) is 10.5 Å². The SMILES string of the molecule is CC(C)(C)OC(=O)N1C[C@@H]2C(N3CC(N)CC3=O)[C@@H]2C1. The number of carbonyl (C=O) groups excluding carboxylic acids is 2. The molecule has 2 heterocycles. The number of fused-ring (bicyclic) bond motifs is 1. The molecule has 4 atom stereocenters. The van der Waals surface area contributed by atoms with E-state index < -0.39 is 5.60 Å². The van der Waals surface area contributed by atoms with Crippen LogP contribution in [0.15, 0.2) is 0 Å². The van der Waals surface area contributed by atoms with E-state index in [9.17, 15) is 9.59 Å². The number of ether oxygens (including phenoxy) is 1. The van der Waals surface area contributed by atoms with Crippen molar-refractivity contribution >= 4 is 12.0 Å². The molecule has 1 saturated carbocycles. The summed E-state index contributed by atoms with van der Waals surface area (Å²) in [6.45, 7) is 7.67. The Hall–Kier alpha value is -1.30. The summed E-state index contributed by atoms with van der Waals surface area (Å²) in [5.41, 5.74) is 5.37. The summed E-state index contributed by atoms with van der Waals surface area (Å²) in [5, 5.41) is 0. The average molecular weight is 281 g/mol. The molecule has 0 spiro atoms. The van der Waals surface area contributed by atoms with E-state index in [1.807, 2.05) is 25.7 Å². The van der Waals surface area contributed by atoms with Gasteiger partial charge in [-0.25, -0.2) is 4.79 Å². The third-order valence-electron chi connectivity index (χ3n) is 4.35. The first-order valence-electron chi connectivity index (χ1n) is 7.29. The fourth-order valence-electron chi connectivity index (χ4n) is 3.48. The highest BCUT2D eigenvalue weighted by Gasteiger charge is 2.61. The minimum Gasteiger partial charge on any atom is -0.444 e. The Morgan fingerprint density at radius 2 is 1.85 bits per heavy atom. The lowest BCUT2D eigenvalue weighted by Gasteiger charge is -2.27. The van der Waals surface area contributed by atoms with Crippen LogP contribution in [-0.4, -0.2) is 59.1 Å². The summed E-state index contributed by atoms with van der Waals surface area (Å²) in [4.78, 5) is 27.5. The molecule has 2 aliphatic heterocycles. The third kappa shape index (κ3) is 2.37. The lowest BCUT2D eigenvalue weighted by atomic mass is 10.2. The standard InChI is InChI=1S/C14H23N3O3/c1-14(2,3)20-13(19)16-6-9-10(7-16)12(9)17-5-8(15)4-11(17)18/h8-10,12H,4-7,15H2,1-3H3/t8?,9-,10+,12?. The van der Waals surface area contributed by atoms with Crippen LogP contribution in [0.1, 0.15) is 27.2 Å². The van der Waals surface area contributed by atoms with Crippen LogP contribution >= 0.6 is 0 Å². The normalized spacial score (nSPS) is 36.3. The molecule has 2 saturated heterocycles. The number of rotatable bonds is 1. The third-order valence-corrected chi connectivity index (χ3v) is 4.35. The Balaban J connectivity index is 1.53. The van der Waals surface area contributed by atoms with Crippen molar-refractivity contribution in [3.8, 4) is 0 Å². The van der Waals surface area contributed by atoms with Gasteiger partial charge in [0.05, 0.1) is 0 Å². The first kappa shape index (κ1) is 13.7. The maximum Gasteiger partial charge on any atom is 0.410 e. The van der Waals surface area contributed by atoms with Gasteiger partial charge >= 0.3 is 6.09 Å². The van der Waals surface area contributed by atoms with E-state index >= 15 is 0 Å². The van der Waals surface area contributed by atoms with Gasteiger partial charge in [-0.1, -0.05) is 0 Å². The van der Waals surface area contributed by atoms with E-state index in [-0.39, 0.29) is 18.0 Å². The van der Waals surface area contributed by atoms with Crippen molar-refractivity contribution in [1.29, 1.82) is 0 Å². The van der Waals surface area contributed by atoms with Crippen LogP contribution in [0.5, 0.6) is 0 Å². The molecular weight excluding hydrogens is 258 g/mol. The summed E-state index contributed by atoms with van der Waals surface area (Å²) >= 11 is 0. The van der Waals surface area contributed by atoms with Gasteiger partial charge in [-0.2, -0.15) is 0 Å². The highest BCUT2D eigenvalue weighted by atomic mass is 16.6. The molecule has 3 fully saturated rings. The van der Waals surface area contributed by atoms with Gasteiger partial charge in [0.2, 0.25) is 5.91 Å². The predicted octanol–water partition coefficient (Wildman–Crippen LogP) is 0.411. The van der Waals surface area contributed by atoms with Crippen LogP contribution in [0.3, 0.4) is 0 Å². The zero-order chi connectivity index (χ0) is 14.7. The van der Waals surface area contributed by atoms with Gasteiger partial charge in [-0.05, 0) is 20.8 Å². The fourth-order valence-corrected chi connectivity index (χ4v) is 3.48. The summed E-state index contributed by atoms with van der Waals surface area (Å²) in [6.07, 6.45) is 0.221. The Morgan fingerprint density at radius 1 is 1.25 bits per heavy atom. The number of carbonyl (C=O) groups is 2. The number of nitrogens with two attached hydrogens (primary N) is 1. The van der Waals surface area contributed by atoms with E-state index in [0.29, 0.717) is 43.9 Å². The molecule has 3 aliphatic rings. The van der Waals surface area contributed by atoms with Crippen molar-refractivity contribution < 1.29 is 14.3 Å². The van der Waals surface area contributed by atoms with Gasteiger partial charge < -0.3 is 20.3 Å². The molecule has 3 rings (SSSR count). The minimum absolute atomic E-state index is 0.0224. The first-order valence-corrected chi connectivity index (χ1v) is 7.29. The molecule has 2 unspecified atom stereocenters. The molecule has 6 heteroatoms. The average Bonchev–Trinajstić information content (AvgIpc) is 2.67. The number of hydrogen-bond donors (Lipinski definition) is 1. The second-order valence-electron chi connectivity index (χ2n) is 7.21. The van der Waals surface area contributed by atoms with Gasteiger partial charge in [-0.3, -0.25) is 4.79 Å². The Bertz CT molecular complexity index is 433. The van der Waals surface area contributed by atoms with Crippen molar-refractivity contribution in [2.45, 2.75) is 44.9 Å². The highest BCUT2D eigenvalue weighted by Crippen LogP contribution is 2.50. The molecule has 0 bridgehead atoms. The van der Waals surface area contributed by atoms with Crippen LogP contribution in [0, 0.1) is 11.8 Å². The van der Waals surface area contributed by atoms with Gasteiger partial charge in [-0.15, -0.1) is 0 Å². The zero-order valence-electron chi connectivity index (χ0n) is 12.3. The monoisotopic (exact) mass is 281 g/mol. The summed E-state index contributed by atoms with van der Waals surface area (Å²) in [5.74, 6) is 0.995. The molecule has 0 aromatic carbocycles. The largest absolute Gasteiger partial charge is 0.444 e. The second kappa shape index (κ2) is 4.35. The molecule has 1 aliphatic carbocycles. The molecular formula is C14H23N3O3. The first-order chi connectivity index (χ1) is 9.26. The topological polar surface area (TPSA) is 75.9 Å². The van der Waals surface area contributed by atoms with Crippen LogP contribution in [0.4, 0.5) is 4.79 Å². The lowest BCUT2D eigenvalue weighted by Crippen LogP contribution is -2.41. The molecule has 20 heavy (non-hydrogen) atoms. The quantitative estimate of drug-likeness (QED) is 0.755. The molecule has 6 nitrogen and oxygen atoms in total. The van der Waals surface area contributed by atoms with Gasteiger partial charge in [0.15, 0.2) is 0 Å².